The zero-order chi connectivity index (χ0) is 21.4. The van der Waals surface area contributed by atoms with E-state index in [1.165, 1.54) is 51.4 Å². The Hall–Kier alpha value is -2.09. The lowest BCUT2D eigenvalue weighted by molar-refractivity contribution is -0.139. The highest BCUT2D eigenvalue weighted by Crippen LogP contribution is 2.31. The molecule has 2 rings (SSSR count). The van der Waals surface area contributed by atoms with Crippen molar-refractivity contribution in [2.45, 2.75) is 90.9 Å². The number of ether oxygens (including phenoxy) is 1. The van der Waals surface area contributed by atoms with E-state index in [4.69, 9.17) is 4.74 Å². The second-order valence-electron chi connectivity index (χ2n) is 8.39. The Morgan fingerprint density at radius 3 is 1.90 bits per heavy atom. The predicted molar refractivity (Wildman–Crippen MR) is 128 cm³/mol. The number of carbonyl (C=O) groups is 1. The number of rotatable bonds is 15. The monoisotopic (exact) mass is 408 g/mol. The molecule has 0 saturated heterocycles. The highest BCUT2D eigenvalue weighted by Gasteiger charge is 2.21. The summed E-state index contributed by atoms with van der Waals surface area (Å²) in [7, 11) is 0. The molecule has 0 amide bonds. The summed E-state index contributed by atoms with van der Waals surface area (Å²) in [5, 5.41) is 0. The van der Waals surface area contributed by atoms with E-state index in [1.54, 1.807) is 0 Å². The number of benzene rings is 2. The van der Waals surface area contributed by atoms with E-state index in [1.807, 2.05) is 42.5 Å². The topological polar surface area (TPSA) is 26.3 Å². The van der Waals surface area contributed by atoms with Crippen molar-refractivity contribution in [3.63, 3.8) is 0 Å². The zero-order valence-corrected chi connectivity index (χ0v) is 19.1. The van der Waals surface area contributed by atoms with Crippen LogP contribution in [0.25, 0.3) is 11.1 Å². The molecule has 2 heteroatoms. The summed E-state index contributed by atoms with van der Waals surface area (Å²) in [5.41, 5.74) is 2.06. The summed E-state index contributed by atoms with van der Waals surface area (Å²) in [6, 6.07) is 18.0. The number of unbranched alkanes of at least 4 members (excludes halogenated alkanes) is 8. The third-order valence-electron chi connectivity index (χ3n) is 5.83. The van der Waals surface area contributed by atoms with Gasteiger partial charge in [0, 0.05) is 5.56 Å². The maximum Gasteiger partial charge on any atom is 0.314 e. The molecule has 1 unspecified atom stereocenters. The minimum atomic E-state index is -0.0524. The predicted octanol–water partition coefficient (Wildman–Crippen LogP) is 8.60. The molecule has 1 atom stereocenters. The van der Waals surface area contributed by atoms with Crippen LogP contribution in [-0.4, -0.2) is 5.97 Å². The van der Waals surface area contributed by atoms with Crippen LogP contribution >= 0.6 is 0 Å². The van der Waals surface area contributed by atoms with E-state index in [0.717, 1.165) is 36.8 Å². The third kappa shape index (κ3) is 8.73. The molecule has 164 valence electrons. The average Bonchev–Trinajstić information content (AvgIpc) is 2.78. The Morgan fingerprint density at radius 1 is 0.700 bits per heavy atom. The number of para-hydroxylation sites is 1. The second-order valence-corrected chi connectivity index (χ2v) is 8.39. The van der Waals surface area contributed by atoms with Gasteiger partial charge in [0.25, 0.3) is 0 Å². The molecule has 30 heavy (non-hydrogen) atoms. The van der Waals surface area contributed by atoms with E-state index >= 15 is 0 Å². The van der Waals surface area contributed by atoms with Crippen molar-refractivity contribution in [1.82, 2.24) is 0 Å². The van der Waals surface area contributed by atoms with Gasteiger partial charge in [0.2, 0.25) is 0 Å². The van der Waals surface area contributed by atoms with Gasteiger partial charge in [-0.3, -0.25) is 4.79 Å². The van der Waals surface area contributed by atoms with Crippen molar-refractivity contribution in [3.05, 3.63) is 54.6 Å². The normalized spacial score (nSPS) is 11.9. The smallest absolute Gasteiger partial charge is 0.314 e. The lowest BCUT2D eigenvalue weighted by Gasteiger charge is -2.17. The molecule has 0 bridgehead atoms. The largest absolute Gasteiger partial charge is 0.426 e. The van der Waals surface area contributed by atoms with Crippen molar-refractivity contribution in [3.8, 4) is 16.9 Å². The van der Waals surface area contributed by atoms with Crippen LogP contribution in [0.1, 0.15) is 90.9 Å². The van der Waals surface area contributed by atoms with Crippen molar-refractivity contribution in [1.29, 1.82) is 0 Å². The summed E-state index contributed by atoms with van der Waals surface area (Å²) < 4.78 is 5.98. The molecule has 0 fully saturated rings. The lowest BCUT2D eigenvalue weighted by atomic mass is 9.94. The van der Waals surface area contributed by atoms with Gasteiger partial charge in [-0.1, -0.05) is 127 Å². The zero-order valence-electron chi connectivity index (χ0n) is 19.1. The Kier molecular flexibility index (Phi) is 11.9. The standard InChI is InChI=1S/C28H40O2/c1-3-5-7-9-10-13-21-25(20-12-8-6-4-2)28(29)30-27-23-17-16-22-26(27)24-18-14-11-15-19-24/h11,14-19,22-23,25H,3-10,12-13,20-21H2,1-2H3. The molecular formula is C28H40O2. The van der Waals surface area contributed by atoms with Gasteiger partial charge in [-0.25, -0.2) is 0 Å². The molecular weight excluding hydrogens is 368 g/mol. The Morgan fingerprint density at radius 2 is 1.23 bits per heavy atom. The van der Waals surface area contributed by atoms with E-state index in [9.17, 15) is 4.79 Å². The van der Waals surface area contributed by atoms with Crippen LogP contribution in [0.2, 0.25) is 0 Å². The molecule has 0 saturated carbocycles. The molecule has 0 spiro atoms. The van der Waals surface area contributed by atoms with Crippen LogP contribution in [0.5, 0.6) is 5.75 Å². The molecule has 0 aliphatic rings. The third-order valence-corrected chi connectivity index (χ3v) is 5.83. The maximum absolute atomic E-state index is 13.1. The summed E-state index contributed by atoms with van der Waals surface area (Å²) in [6.07, 6.45) is 14.2. The van der Waals surface area contributed by atoms with Gasteiger partial charge in [0.15, 0.2) is 0 Å². The van der Waals surface area contributed by atoms with Crippen molar-refractivity contribution in [2.75, 3.05) is 0 Å². The number of hydrogen-bond acceptors (Lipinski definition) is 2. The molecule has 0 aromatic heterocycles. The van der Waals surface area contributed by atoms with Gasteiger partial charge < -0.3 is 4.74 Å². The first-order valence-electron chi connectivity index (χ1n) is 12.1. The Bertz CT molecular complexity index is 708. The molecule has 0 N–H and O–H groups in total. The van der Waals surface area contributed by atoms with Gasteiger partial charge in [-0.15, -0.1) is 0 Å². The highest BCUT2D eigenvalue weighted by molar-refractivity contribution is 5.79. The summed E-state index contributed by atoms with van der Waals surface area (Å²) >= 11 is 0. The van der Waals surface area contributed by atoms with E-state index in [-0.39, 0.29) is 11.9 Å². The summed E-state index contributed by atoms with van der Waals surface area (Å²) in [6.45, 7) is 4.47. The molecule has 2 aromatic rings. The van der Waals surface area contributed by atoms with Gasteiger partial charge in [-0.05, 0) is 24.5 Å². The number of hydrogen-bond donors (Lipinski definition) is 0. The van der Waals surface area contributed by atoms with E-state index in [2.05, 4.69) is 26.0 Å². The van der Waals surface area contributed by atoms with Crippen molar-refractivity contribution in [2.24, 2.45) is 5.92 Å². The Balaban J connectivity index is 1.99. The first kappa shape index (κ1) is 24.2. The number of carbonyl (C=O) groups excluding carboxylic acids is 1. The molecule has 0 aliphatic heterocycles. The minimum absolute atomic E-state index is 0.0110. The fraction of sp³-hybridized carbons (Fsp3) is 0.536. The molecule has 0 radical (unpaired) electrons. The summed E-state index contributed by atoms with van der Waals surface area (Å²) in [5.74, 6) is 0.635. The van der Waals surface area contributed by atoms with Gasteiger partial charge >= 0.3 is 5.97 Å². The van der Waals surface area contributed by atoms with Gasteiger partial charge in [0.05, 0.1) is 5.92 Å². The molecule has 2 aromatic carbocycles. The minimum Gasteiger partial charge on any atom is -0.426 e. The van der Waals surface area contributed by atoms with Crippen LogP contribution in [-0.2, 0) is 4.79 Å². The lowest BCUT2D eigenvalue weighted by Crippen LogP contribution is -2.21. The number of esters is 1. The summed E-state index contributed by atoms with van der Waals surface area (Å²) in [4.78, 5) is 13.1. The average molecular weight is 409 g/mol. The SMILES string of the molecule is CCCCCCCCC(CCCCCC)C(=O)Oc1ccccc1-c1ccccc1. The molecule has 2 nitrogen and oxygen atoms in total. The maximum atomic E-state index is 13.1. The van der Waals surface area contributed by atoms with E-state index < -0.39 is 0 Å². The van der Waals surface area contributed by atoms with Crippen molar-refractivity contribution < 1.29 is 9.53 Å². The van der Waals surface area contributed by atoms with Crippen LogP contribution in [0.4, 0.5) is 0 Å². The molecule has 0 aliphatic carbocycles. The van der Waals surface area contributed by atoms with E-state index in [0.29, 0.717) is 5.75 Å². The van der Waals surface area contributed by atoms with Crippen LogP contribution in [0.15, 0.2) is 54.6 Å². The second kappa shape index (κ2) is 14.8. The Labute approximate surface area is 184 Å². The first-order valence-corrected chi connectivity index (χ1v) is 12.1. The van der Waals surface area contributed by atoms with Crippen LogP contribution in [0, 0.1) is 5.92 Å². The highest BCUT2D eigenvalue weighted by atomic mass is 16.5. The van der Waals surface area contributed by atoms with Gasteiger partial charge in [0.1, 0.15) is 5.75 Å². The molecule has 0 heterocycles. The van der Waals surface area contributed by atoms with Crippen molar-refractivity contribution >= 4 is 5.97 Å². The fourth-order valence-electron chi connectivity index (χ4n) is 3.97. The fourth-order valence-corrected chi connectivity index (χ4v) is 3.97. The van der Waals surface area contributed by atoms with Crippen LogP contribution < -0.4 is 4.74 Å². The van der Waals surface area contributed by atoms with Gasteiger partial charge in [-0.2, -0.15) is 0 Å². The van der Waals surface area contributed by atoms with Crippen LogP contribution in [0.3, 0.4) is 0 Å². The quantitative estimate of drug-likeness (QED) is 0.167. The first-order chi connectivity index (χ1) is 14.8.